The topological polar surface area (TPSA) is 62.9 Å². The van der Waals surface area contributed by atoms with E-state index >= 15 is 0 Å². The van der Waals surface area contributed by atoms with Crippen LogP contribution < -0.4 is 19.9 Å². The first-order chi connectivity index (χ1) is 9.20. The molecule has 2 N–H and O–H groups in total. The molecule has 19 heavy (non-hydrogen) atoms. The largest absolute Gasteiger partial charge is 0.491 e. The van der Waals surface area contributed by atoms with E-state index in [0.29, 0.717) is 19.8 Å². The molecule has 1 aliphatic rings. The van der Waals surface area contributed by atoms with Gasteiger partial charge in [-0.1, -0.05) is 0 Å². The molecule has 2 rings (SSSR count). The summed E-state index contributed by atoms with van der Waals surface area (Å²) in [5.41, 5.74) is 6.90. The molecule has 1 aromatic carbocycles. The van der Waals surface area contributed by atoms with Gasteiger partial charge in [-0.15, -0.1) is 0 Å². The van der Waals surface area contributed by atoms with Crippen LogP contribution in [0, 0.1) is 0 Å². The second kappa shape index (κ2) is 6.63. The fourth-order valence-electron chi connectivity index (χ4n) is 1.96. The number of nitrogens with two attached hydrogens (primary N) is 1. The van der Waals surface area contributed by atoms with Crippen molar-refractivity contribution < 1.29 is 18.9 Å². The van der Waals surface area contributed by atoms with Gasteiger partial charge in [-0.05, 0) is 31.9 Å². The molecule has 1 aromatic rings. The van der Waals surface area contributed by atoms with Gasteiger partial charge in [0, 0.05) is 18.7 Å². The average Bonchev–Trinajstić information content (AvgIpc) is 2.81. The van der Waals surface area contributed by atoms with Crippen molar-refractivity contribution in [3.63, 3.8) is 0 Å². The van der Waals surface area contributed by atoms with Crippen molar-refractivity contribution in [1.29, 1.82) is 0 Å². The number of hydrogen-bond donors (Lipinski definition) is 1. The van der Waals surface area contributed by atoms with E-state index in [-0.39, 0.29) is 12.8 Å². The monoisotopic (exact) mass is 267 g/mol. The van der Waals surface area contributed by atoms with Crippen molar-refractivity contribution in [2.24, 2.45) is 5.73 Å². The minimum absolute atomic E-state index is 0.0645. The molecule has 0 amide bonds. The molecule has 0 spiro atoms. The summed E-state index contributed by atoms with van der Waals surface area (Å²) < 4.78 is 21.7. The highest BCUT2D eigenvalue weighted by Crippen LogP contribution is 2.38. The van der Waals surface area contributed by atoms with E-state index in [1.165, 1.54) is 0 Å². The molecule has 1 atom stereocenters. The molecule has 0 aliphatic carbocycles. The van der Waals surface area contributed by atoms with Gasteiger partial charge in [0.2, 0.25) is 6.79 Å². The third kappa shape index (κ3) is 3.75. The van der Waals surface area contributed by atoms with Gasteiger partial charge in [0.05, 0.1) is 6.61 Å². The summed E-state index contributed by atoms with van der Waals surface area (Å²) in [7, 11) is 0. The Bertz CT molecular complexity index is 420. The first kappa shape index (κ1) is 14.0. The molecule has 1 unspecified atom stereocenters. The van der Waals surface area contributed by atoms with Crippen LogP contribution in [0.2, 0.25) is 0 Å². The Kier molecular flexibility index (Phi) is 4.87. The molecule has 0 fully saturated rings. The zero-order valence-corrected chi connectivity index (χ0v) is 11.5. The second-order valence-corrected chi connectivity index (χ2v) is 4.54. The molecule has 0 saturated heterocycles. The second-order valence-electron chi connectivity index (χ2n) is 4.54. The van der Waals surface area contributed by atoms with Gasteiger partial charge in [-0.25, -0.2) is 0 Å². The van der Waals surface area contributed by atoms with Gasteiger partial charge < -0.3 is 24.7 Å². The summed E-state index contributed by atoms with van der Waals surface area (Å²) in [6.45, 7) is 5.96. The molecule has 1 heterocycles. The first-order valence-electron chi connectivity index (χ1n) is 6.59. The summed E-state index contributed by atoms with van der Waals surface area (Å²) in [5, 5.41) is 0. The maximum atomic E-state index is 5.86. The highest BCUT2D eigenvalue weighted by atomic mass is 16.7. The summed E-state index contributed by atoms with van der Waals surface area (Å²) in [4.78, 5) is 0. The molecule has 5 nitrogen and oxygen atoms in total. The minimum atomic E-state index is 0.0645. The van der Waals surface area contributed by atoms with Gasteiger partial charge in [-0.2, -0.15) is 0 Å². The lowest BCUT2D eigenvalue weighted by Gasteiger charge is -2.14. The maximum absolute atomic E-state index is 5.86. The molecular formula is C14H21NO4. The number of fused-ring (bicyclic) bond motifs is 1. The highest BCUT2D eigenvalue weighted by Gasteiger charge is 2.18. The Morgan fingerprint density at radius 2 is 2.00 bits per heavy atom. The lowest BCUT2D eigenvalue weighted by molar-refractivity contribution is 0.109. The minimum Gasteiger partial charge on any atom is -0.491 e. The van der Waals surface area contributed by atoms with Crippen LogP contribution >= 0.6 is 0 Å². The SMILES string of the molecule is CCOCCOc1cc2c(cc1CC(C)N)OCO2. The van der Waals surface area contributed by atoms with E-state index in [4.69, 9.17) is 24.7 Å². The predicted molar refractivity (Wildman–Crippen MR) is 71.9 cm³/mol. The fraction of sp³-hybridized carbons (Fsp3) is 0.571. The molecule has 0 saturated carbocycles. The summed E-state index contributed by atoms with van der Waals surface area (Å²) in [6, 6.07) is 3.88. The molecule has 1 aliphatic heterocycles. The standard InChI is InChI=1S/C14H21NO4/c1-3-16-4-5-17-12-8-14-13(18-9-19-14)7-11(12)6-10(2)15/h7-8,10H,3-6,9,15H2,1-2H3. The van der Waals surface area contributed by atoms with Crippen molar-refractivity contribution in [3.05, 3.63) is 17.7 Å². The number of benzene rings is 1. The van der Waals surface area contributed by atoms with Gasteiger partial charge in [0.1, 0.15) is 12.4 Å². The smallest absolute Gasteiger partial charge is 0.231 e. The van der Waals surface area contributed by atoms with E-state index < -0.39 is 0 Å². The van der Waals surface area contributed by atoms with Crippen LogP contribution in [0.4, 0.5) is 0 Å². The average molecular weight is 267 g/mol. The molecule has 0 radical (unpaired) electrons. The van der Waals surface area contributed by atoms with Crippen LogP contribution in [-0.2, 0) is 11.2 Å². The van der Waals surface area contributed by atoms with Crippen molar-refractivity contribution in [2.45, 2.75) is 26.3 Å². The molecule has 5 heteroatoms. The van der Waals surface area contributed by atoms with E-state index in [1.54, 1.807) is 0 Å². The maximum Gasteiger partial charge on any atom is 0.231 e. The first-order valence-corrected chi connectivity index (χ1v) is 6.59. The van der Waals surface area contributed by atoms with E-state index in [2.05, 4.69) is 0 Å². The number of rotatable bonds is 7. The van der Waals surface area contributed by atoms with Crippen LogP contribution in [0.5, 0.6) is 17.2 Å². The van der Waals surface area contributed by atoms with Crippen molar-refractivity contribution >= 4 is 0 Å². The third-order valence-electron chi connectivity index (χ3n) is 2.79. The quantitative estimate of drug-likeness (QED) is 0.762. The Balaban J connectivity index is 2.09. The highest BCUT2D eigenvalue weighted by molar-refractivity contribution is 5.52. The van der Waals surface area contributed by atoms with Crippen LogP contribution in [0.3, 0.4) is 0 Å². The van der Waals surface area contributed by atoms with Gasteiger partial charge in [0.15, 0.2) is 11.5 Å². The molecular weight excluding hydrogens is 246 g/mol. The Morgan fingerprint density at radius 1 is 1.26 bits per heavy atom. The van der Waals surface area contributed by atoms with Crippen LogP contribution in [0.1, 0.15) is 19.4 Å². The van der Waals surface area contributed by atoms with Crippen molar-refractivity contribution in [2.75, 3.05) is 26.6 Å². The van der Waals surface area contributed by atoms with Crippen molar-refractivity contribution in [1.82, 2.24) is 0 Å². The predicted octanol–water partition coefficient (Wildman–Crippen LogP) is 1.72. The normalized spacial score (nSPS) is 14.5. The fourth-order valence-corrected chi connectivity index (χ4v) is 1.96. The summed E-state index contributed by atoms with van der Waals surface area (Å²) >= 11 is 0. The van der Waals surface area contributed by atoms with E-state index in [0.717, 1.165) is 29.2 Å². The summed E-state index contributed by atoms with van der Waals surface area (Å²) in [5.74, 6) is 2.27. The van der Waals surface area contributed by atoms with E-state index in [9.17, 15) is 0 Å². The molecule has 106 valence electrons. The number of ether oxygens (including phenoxy) is 4. The van der Waals surface area contributed by atoms with E-state index in [1.807, 2.05) is 26.0 Å². The third-order valence-corrected chi connectivity index (χ3v) is 2.79. The van der Waals surface area contributed by atoms with Gasteiger partial charge >= 0.3 is 0 Å². The Hall–Kier alpha value is -1.46. The van der Waals surface area contributed by atoms with Crippen LogP contribution in [-0.4, -0.2) is 32.7 Å². The Labute approximate surface area is 113 Å². The van der Waals surface area contributed by atoms with Gasteiger partial charge in [0.25, 0.3) is 0 Å². The van der Waals surface area contributed by atoms with Crippen LogP contribution in [0.15, 0.2) is 12.1 Å². The molecule has 0 bridgehead atoms. The lowest BCUT2D eigenvalue weighted by atomic mass is 10.1. The van der Waals surface area contributed by atoms with Gasteiger partial charge in [-0.3, -0.25) is 0 Å². The summed E-state index contributed by atoms with van der Waals surface area (Å²) in [6.07, 6.45) is 0.737. The zero-order valence-electron chi connectivity index (χ0n) is 11.5. The lowest BCUT2D eigenvalue weighted by Crippen LogP contribution is -2.18. The van der Waals surface area contributed by atoms with Crippen LogP contribution in [0.25, 0.3) is 0 Å². The zero-order chi connectivity index (χ0) is 13.7. The number of hydrogen-bond acceptors (Lipinski definition) is 5. The van der Waals surface area contributed by atoms with Crippen molar-refractivity contribution in [3.8, 4) is 17.2 Å². The Morgan fingerprint density at radius 3 is 2.68 bits per heavy atom. The molecule has 0 aromatic heterocycles.